The third-order valence-corrected chi connectivity index (χ3v) is 5.24. The van der Waals surface area contributed by atoms with Crippen molar-refractivity contribution in [3.05, 3.63) is 47.2 Å². The molecular weight excluding hydrogens is 428 g/mol. The number of hydrogen-bond donors (Lipinski definition) is 1. The maximum Gasteiger partial charge on any atom is 0.435 e. The Morgan fingerprint density at radius 1 is 1.12 bits per heavy atom. The summed E-state index contributed by atoms with van der Waals surface area (Å²) in [6.07, 6.45) is 1.12. The molecule has 1 aromatic carbocycles. The van der Waals surface area contributed by atoms with Crippen LogP contribution in [0.2, 0.25) is 0 Å². The van der Waals surface area contributed by atoms with E-state index in [0.29, 0.717) is 12.0 Å². The van der Waals surface area contributed by atoms with Crippen molar-refractivity contribution in [2.75, 3.05) is 31.6 Å². The summed E-state index contributed by atoms with van der Waals surface area (Å²) in [7, 11) is 0. The summed E-state index contributed by atoms with van der Waals surface area (Å²) in [6, 6.07) is 8.64. The van der Waals surface area contributed by atoms with Gasteiger partial charge in [0.1, 0.15) is 5.52 Å². The molecule has 1 amide bonds. The van der Waals surface area contributed by atoms with Crippen LogP contribution in [0.1, 0.15) is 53.2 Å². The molecular formula is C23H26N4O6. The van der Waals surface area contributed by atoms with Gasteiger partial charge in [0.25, 0.3) is 5.91 Å². The lowest BCUT2D eigenvalue weighted by atomic mass is 10.1. The number of likely N-dealkylation sites (tertiary alicyclic amines) is 1. The number of nitrogens with zero attached hydrogens (tertiary/aromatic N) is 3. The van der Waals surface area contributed by atoms with Gasteiger partial charge in [-0.2, -0.15) is 4.68 Å². The van der Waals surface area contributed by atoms with Crippen molar-refractivity contribution in [3.63, 3.8) is 0 Å². The standard InChI is InChI=1S/C23H26N4O6/c1-3-12-32-22(29)18-13-17-19(33-18)20(25-27(17)23(30)31-4-2)24-21(28)16-8-6-15(7-9-16)14-26-10-5-11-26/h6-9,13H,3-5,10-12,14H2,1-2H3,(H,24,25,28). The summed E-state index contributed by atoms with van der Waals surface area (Å²) >= 11 is 0. The first-order valence-corrected chi connectivity index (χ1v) is 11.0. The summed E-state index contributed by atoms with van der Waals surface area (Å²) in [5, 5.41) is 6.79. The molecule has 1 saturated heterocycles. The van der Waals surface area contributed by atoms with Crippen molar-refractivity contribution >= 4 is 34.9 Å². The number of ether oxygens (including phenoxy) is 2. The quantitative estimate of drug-likeness (QED) is 0.513. The minimum atomic E-state index is -0.757. The first-order chi connectivity index (χ1) is 16.0. The number of fused-ring (bicyclic) bond motifs is 1. The van der Waals surface area contributed by atoms with E-state index in [1.165, 1.54) is 12.5 Å². The predicted molar refractivity (Wildman–Crippen MR) is 119 cm³/mol. The minimum absolute atomic E-state index is 0.00208. The van der Waals surface area contributed by atoms with Crippen molar-refractivity contribution in [1.82, 2.24) is 14.7 Å². The number of amides is 1. The van der Waals surface area contributed by atoms with Crippen molar-refractivity contribution < 1.29 is 28.3 Å². The number of hydrogen-bond acceptors (Lipinski definition) is 8. The van der Waals surface area contributed by atoms with Crippen molar-refractivity contribution in [2.24, 2.45) is 0 Å². The van der Waals surface area contributed by atoms with E-state index in [4.69, 9.17) is 13.9 Å². The van der Waals surface area contributed by atoms with Crippen LogP contribution in [0, 0.1) is 0 Å². The second-order valence-electron chi connectivity index (χ2n) is 7.70. The predicted octanol–water partition coefficient (Wildman–Crippen LogP) is 3.66. The molecule has 0 saturated carbocycles. The lowest BCUT2D eigenvalue weighted by molar-refractivity contribution is 0.0471. The smallest absolute Gasteiger partial charge is 0.435 e. The van der Waals surface area contributed by atoms with E-state index in [1.54, 1.807) is 19.1 Å². The Kier molecular flexibility index (Phi) is 6.74. The molecule has 0 bridgehead atoms. The van der Waals surface area contributed by atoms with E-state index >= 15 is 0 Å². The molecule has 1 aliphatic heterocycles. The summed E-state index contributed by atoms with van der Waals surface area (Å²) in [5.41, 5.74) is 1.82. The van der Waals surface area contributed by atoms with Crippen LogP contribution in [0.15, 0.2) is 34.7 Å². The van der Waals surface area contributed by atoms with Gasteiger partial charge in [-0.05, 0) is 50.6 Å². The molecule has 2 aromatic heterocycles. The number of aromatic nitrogens is 2. The molecule has 10 heteroatoms. The van der Waals surface area contributed by atoms with Gasteiger partial charge in [0.2, 0.25) is 5.76 Å². The van der Waals surface area contributed by atoms with Gasteiger partial charge in [0.15, 0.2) is 11.4 Å². The number of carbonyl (C=O) groups excluding carboxylic acids is 3. The van der Waals surface area contributed by atoms with Crippen molar-refractivity contribution in [1.29, 1.82) is 0 Å². The van der Waals surface area contributed by atoms with Crippen LogP contribution in [-0.2, 0) is 16.0 Å². The Balaban J connectivity index is 1.57. The molecule has 0 unspecified atom stereocenters. The number of carbonyl (C=O) groups is 3. The largest absolute Gasteiger partial charge is 0.460 e. The number of esters is 1. The van der Waals surface area contributed by atoms with Crippen LogP contribution in [-0.4, -0.2) is 59.0 Å². The summed E-state index contributed by atoms with van der Waals surface area (Å²) in [6.45, 7) is 6.95. The fraction of sp³-hybridized carbons (Fsp3) is 0.391. The monoisotopic (exact) mass is 454 g/mol. The van der Waals surface area contributed by atoms with E-state index in [2.05, 4.69) is 15.3 Å². The third kappa shape index (κ3) is 4.90. The van der Waals surface area contributed by atoms with Crippen LogP contribution in [0.3, 0.4) is 0 Å². The minimum Gasteiger partial charge on any atom is -0.460 e. The molecule has 3 aromatic rings. The van der Waals surface area contributed by atoms with E-state index < -0.39 is 18.0 Å². The summed E-state index contributed by atoms with van der Waals surface area (Å²) < 4.78 is 16.7. The Hall–Kier alpha value is -3.66. The molecule has 0 atom stereocenters. The first-order valence-electron chi connectivity index (χ1n) is 11.0. The second kappa shape index (κ2) is 9.86. The zero-order chi connectivity index (χ0) is 23.4. The molecule has 4 rings (SSSR count). The number of benzene rings is 1. The Morgan fingerprint density at radius 3 is 2.52 bits per heavy atom. The number of anilines is 1. The van der Waals surface area contributed by atoms with Crippen LogP contribution in [0.4, 0.5) is 10.6 Å². The molecule has 174 valence electrons. The molecule has 3 heterocycles. The SMILES string of the molecule is CCCOC(=O)c1cc2c(o1)c(NC(=O)c1ccc(CN3CCC3)cc1)nn2C(=O)OCC. The zero-order valence-electron chi connectivity index (χ0n) is 18.6. The van der Waals surface area contributed by atoms with Crippen LogP contribution in [0.25, 0.3) is 11.1 Å². The van der Waals surface area contributed by atoms with E-state index in [1.807, 2.05) is 19.1 Å². The van der Waals surface area contributed by atoms with Gasteiger partial charge >= 0.3 is 12.1 Å². The van der Waals surface area contributed by atoms with Gasteiger partial charge in [-0.3, -0.25) is 9.69 Å². The molecule has 1 fully saturated rings. The van der Waals surface area contributed by atoms with E-state index in [9.17, 15) is 14.4 Å². The highest BCUT2D eigenvalue weighted by Crippen LogP contribution is 2.28. The van der Waals surface area contributed by atoms with Crippen molar-refractivity contribution in [3.8, 4) is 0 Å². The highest BCUT2D eigenvalue weighted by atomic mass is 16.6. The molecule has 0 spiro atoms. The second-order valence-corrected chi connectivity index (χ2v) is 7.70. The average molecular weight is 454 g/mol. The van der Waals surface area contributed by atoms with Crippen LogP contribution < -0.4 is 5.32 Å². The molecule has 1 aliphatic rings. The third-order valence-electron chi connectivity index (χ3n) is 5.24. The maximum absolute atomic E-state index is 12.8. The normalized spacial score (nSPS) is 13.5. The average Bonchev–Trinajstić information content (AvgIpc) is 3.35. The first kappa shape index (κ1) is 22.5. The highest BCUT2D eigenvalue weighted by molar-refractivity contribution is 6.08. The molecule has 0 radical (unpaired) electrons. The Morgan fingerprint density at radius 2 is 1.88 bits per heavy atom. The Labute approximate surface area is 190 Å². The van der Waals surface area contributed by atoms with Crippen molar-refractivity contribution in [2.45, 2.75) is 33.2 Å². The molecule has 10 nitrogen and oxygen atoms in total. The topological polar surface area (TPSA) is 116 Å². The zero-order valence-corrected chi connectivity index (χ0v) is 18.6. The number of rotatable bonds is 8. The van der Waals surface area contributed by atoms with Gasteiger partial charge < -0.3 is 19.2 Å². The molecule has 0 aliphatic carbocycles. The Bertz CT molecular complexity index is 1160. The summed E-state index contributed by atoms with van der Waals surface area (Å²) in [4.78, 5) is 39.7. The van der Waals surface area contributed by atoms with Gasteiger partial charge in [0, 0.05) is 18.2 Å². The van der Waals surface area contributed by atoms with E-state index in [-0.39, 0.29) is 35.9 Å². The fourth-order valence-corrected chi connectivity index (χ4v) is 3.42. The lowest BCUT2D eigenvalue weighted by Gasteiger charge is -2.30. The maximum atomic E-state index is 12.8. The van der Waals surface area contributed by atoms with Crippen LogP contribution in [0.5, 0.6) is 0 Å². The highest BCUT2D eigenvalue weighted by Gasteiger charge is 2.25. The lowest BCUT2D eigenvalue weighted by Crippen LogP contribution is -2.36. The summed E-state index contributed by atoms with van der Waals surface area (Å²) in [5.74, 6) is -1.19. The van der Waals surface area contributed by atoms with Gasteiger partial charge in [-0.25, -0.2) is 9.59 Å². The van der Waals surface area contributed by atoms with Gasteiger partial charge in [0.05, 0.1) is 13.2 Å². The van der Waals surface area contributed by atoms with Gasteiger partial charge in [-0.1, -0.05) is 19.1 Å². The van der Waals surface area contributed by atoms with Gasteiger partial charge in [-0.15, -0.1) is 5.10 Å². The fourth-order valence-electron chi connectivity index (χ4n) is 3.42. The molecule has 33 heavy (non-hydrogen) atoms. The number of furan rings is 1. The molecule has 1 N–H and O–H groups in total. The number of nitrogens with one attached hydrogen (secondary N) is 1. The van der Waals surface area contributed by atoms with Crippen LogP contribution >= 0.6 is 0 Å². The van der Waals surface area contributed by atoms with E-state index in [0.717, 1.165) is 29.9 Å².